The van der Waals surface area contributed by atoms with Gasteiger partial charge in [-0.3, -0.25) is 24.7 Å². The molecule has 0 bridgehead atoms. The number of likely N-dealkylation sites (tertiary alicyclic amines) is 1. The lowest BCUT2D eigenvalue weighted by molar-refractivity contribution is -0.139. The lowest BCUT2D eigenvalue weighted by atomic mass is 9.89. The van der Waals surface area contributed by atoms with Crippen molar-refractivity contribution >= 4 is 23.6 Å². The Morgan fingerprint density at radius 1 is 1.18 bits per heavy atom. The van der Waals surface area contributed by atoms with Gasteiger partial charge in [-0.05, 0) is 39.3 Å². The van der Waals surface area contributed by atoms with Gasteiger partial charge in [-0.25, -0.2) is 4.79 Å². The molecule has 0 radical (unpaired) electrons. The van der Waals surface area contributed by atoms with Crippen LogP contribution >= 0.6 is 0 Å². The molecule has 4 amide bonds. The van der Waals surface area contributed by atoms with Crippen LogP contribution in [0, 0.1) is 5.92 Å². The Kier molecular flexibility index (Phi) is 5.79. The molecule has 150 valence electrons. The van der Waals surface area contributed by atoms with Gasteiger partial charge in [-0.2, -0.15) is 5.01 Å². The molecule has 0 spiro atoms. The van der Waals surface area contributed by atoms with Crippen LogP contribution in [0.15, 0.2) is 30.3 Å². The number of Topliss-reactive ketones (excluding diaryl/α,β-unsaturated/α-hetero) is 1. The van der Waals surface area contributed by atoms with Crippen molar-refractivity contribution in [3.63, 3.8) is 0 Å². The minimum Gasteiger partial charge on any atom is -0.322 e. The zero-order chi connectivity index (χ0) is 20.3. The number of piperidine rings is 1. The number of nitrogens with one attached hydrogen (secondary N) is 2. The van der Waals surface area contributed by atoms with Crippen molar-refractivity contribution in [2.45, 2.75) is 38.6 Å². The van der Waals surface area contributed by atoms with E-state index in [-0.39, 0.29) is 18.2 Å². The third-order valence-corrected chi connectivity index (χ3v) is 5.59. The van der Waals surface area contributed by atoms with Crippen molar-refractivity contribution in [2.75, 3.05) is 19.6 Å². The van der Waals surface area contributed by atoms with Crippen LogP contribution in [-0.2, 0) is 9.59 Å². The fourth-order valence-corrected chi connectivity index (χ4v) is 3.58. The third kappa shape index (κ3) is 4.06. The molecule has 2 aliphatic rings. The Morgan fingerprint density at radius 2 is 1.82 bits per heavy atom. The standard InChI is InChI=1S/C20H26N4O4/c1-3-20(2)18(27)24(19(28)21-20)22-16(25)13-23-11-9-15(10-12-23)17(26)14-7-5-4-6-8-14/h4-8,15H,3,9-13H2,1-2H3,(H,21,28)(H,22,25)/t20-/m0/s1. The highest BCUT2D eigenvalue weighted by Crippen LogP contribution is 2.22. The molecule has 2 aliphatic heterocycles. The molecule has 3 rings (SSSR count). The zero-order valence-corrected chi connectivity index (χ0v) is 16.2. The topological polar surface area (TPSA) is 98.8 Å². The van der Waals surface area contributed by atoms with E-state index < -0.39 is 23.4 Å². The van der Waals surface area contributed by atoms with Crippen LogP contribution in [-0.4, -0.2) is 58.7 Å². The van der Waals surface area contributed by atoms with E-state index in [0.717, 1.165) is 10.6 Å². The summed E-state index contributed by atoms with van der Waals surface area (Å²) in [6.45, 7) is 4.73. The summed E-state index contributed by atoms with van der Waals surface area (Å²) in [7, 11) is 0. The van der Waals surface area contributed by atoms with E-state index in [9.17, 15) is 19.2 Å². The van der Waals surface area contributed by atoms with Gasteiger partial charge in [0.2, 0.25) is 0 Å². The smallest absolute Gasteiger partial charge is 0.322 e. The molecular weight excluding hydrogens is 360 g/mol. The van der Waals surface area contributed by atoms with Crippen molar-refractivity contribution in [1.82, 2.24) is 20.7 Å². The van der Waals surface area contributed by atoms with Gasteiger partial charge in [-0.15, -0.1) is 0 Å². The summed E-state index contributed by atoms with van der Waals surface area (Å²) >= 11 is 0. The number of rotatable bonds is 6. The first-order valence-corrected chi connectivity index (χ1v) is 9.62. The molecule has 1 atom stereocenters. The molecule has 1 aromatic rings. The van der Waals surface area contributed by atoms with Crippen molar-refractivity contribution < 1.29 is 19.2 Å². The molecule has 2 heterocycles. The molecular formula is C20H26N4O4. The van der Waals surface area contributed by atoms with Crippen molar-refractivity contribution in [2.24, 2.45) is 5.92 Å². The van der Waals surface area contributed by atoms with E-state index >= 15 is 0 Å². The largest absolute Gasteiger partial charge is 0.344 e. The Bertz CT molecular complexity index is 774. The molecule has 2 saturated heterocycles. The average Bonchev–Trinajstić information content (AvgIpc) is 2.92. The van der Waals surface area contributed by atoms with Gasteiger partial charge >= 0.3 is 6.03 Å². The molecule has 0 saturated carbocycles. The second-order valence-electron chi connectivity index (χ2n) is 7.57. The van der Waals surface area contributed by atoms with Crippen molar-refractivity contribution in [3.05, 3.63) is 35.9 Å². The fourth-order valence-electron chi connectivity index (χ4n) is 3.58. The lowest BCUT2D eigenvalue weighted by Crippen LogP contribution is -2.52. The summed E-state index contributed by atoms with van der Waals surface area (Å²) in [5, 5.41) is 3.36. The minimum atomic E-state index is -0.986. The number of hydrogen-bond acceptors (Lipinski definition) is 5. The molecule has 28 heavy (non-hydrogen) atoms. The summed E-state index contributed by atoms with van der Waals surface area (Å²) in [5.74, 6) is -0.780. The van der Waals surface area contributed by atoms with Crippen LogP contribution in [0.3, 0.4) is 0 Å². The Balaban J connectivity index is 1.48. The summed E-state index contributed by atoms with van der Waals surface area (Å²) in [6.07, 6.45) is 1.79. The van der Waals surface area contributed by atoms with E-state index in [1.165, 1.54) is 0 Å². The number of carbonyl (C=O) groups is 4. The van der Waals surface area contributed by atoms with Gasteiger partial charge in [0.05, 0.1) is 6.54 Å². The monoisotopic (exact) mass is 386 g/mol. The number of ketones is 1. The van der Waals surface area contributed by atoms with E-state index in [0.29, 0.717) is 32.4 Å². The van der Waals surface area contributed by atoms with Crippen molar-refractivity contribution in [3.8, 4) is 0 Å². The first-order chi connectivity index (χ1) is 13.3. The van der Waals surface area contributed by atoms with Crippen LogP contribution in [0.25, 0.3) is 0 Å². The summed E-state index contributed by atoms with van der Waals surface area (Å²) < 4.78 is 0. The summed E-state index contributed by atoms with van der Waals surface area (Å²) in [6, 6.07) is 8.62. The molecule has 0 aliphatic carbocycles. The molecule has 2 fully saturated rings. The second kappa shape index (κ2) is 8.10. The number of nitrogens with zero attached hydrogens (tertiary/aromatic N) is 2. The number of amides is 4. The van der Waals surface area contributed by atoms with Crippen LogP contribution < -0.4 is 10.7 Å². The maximum Gasteiger partial charge on any atom is 0.344 e. The second-order valence-corrected chi connectivity index (χ2v) is 7.57. The first-order valence-electron chi connectivity index (χ1n) is 9.62. The van der Waals surface area contributed by atoms with Gasteiger partial charge < -0.3 is 5.32 Å². The quantitative estimate of drug-likeness (QED) is 0.568. The number of benzene rings is 1. The van der Waals surface area contributed by atoms with E-state index in [1.807, 2.05) is 35.2 Å². The molecule has 1 aromatic carbocycles. The van der Waals surface area contributed by atoms with Crippen LogP contribution in [0.5, 0.6) is 0 Å². The van der Waals surface area contributed by atoms with Gasteiger partial charge in [0.1, 0.15) is 5.54 Å². The Morgan fingerprint density at radius 3 is 2.39 bits per heavy atom. The SMILES string of the molecule is CC[C@]1(C)NC(=O)N(NC(=O)CN2CCC(C(=O)c3ccccc3)CC2)C1=O. The minimum absolute atomic E-state index is 0.0436. The number of imide groups is 1. The van der Waals surface area contributed by atoms with Crippen LogP contribution in [0.4, 0.5) is 4.79 Å². The molecule has 0 unspecified atom stereocenters. The predicted molar refractivity (Wildman–Crippen MR) is 102 cm³/mol. The van der Waals surface area contributed by atoms with Crippen LogP contribution in [0.2, 0.25) is 0 Å². The lowest BCUT2D eigenvalue weighted by Gasteiger charge is -2.31. The highest BCUT2D eigenvalue weighted by molar-refractivity contribution is 6.07. The summed E-state index contributed by atoms with van der Waals surface area (Å²) in [4.78, 5) is 51.1. The maximum absolute atomic E-state index is 12.5. The normalized spacial score (nSPS) is 23.6. The Hall–Kier alpha value is -2.74. The highest BCUT2D eigenvalue weighted by Gasteiger charge is 2.47. The predicted octanol–water partition coefficient (Wildman–Crippen LogP) is 1.33. The summed E-state index contributed by atoms with van der Waals surface area (Å²) in [5.41, 5.74) is 2.13. The van der Waals surface area contributed by atoms with Crippen molar-refractivity contribution in [1.29, 1.82) is 0 Å². The highest BCUT2D eigenvalue weighted by atomic mass is 16.2. The fraction of sp³-hybridized carbons (Fsp3) is 0.500. The molecule has 0 aromatic heterocycles. The average molecular weight is 386 g/mol. The van der Waals surface area contributed by atoms with E-state index in [2.05, 4.69) is 10.7 Å². The number of hydrazine groups is 1. The number of hydrogen-bond donors (Lipinski definition) is 2. The first kappa shape index (κ1) is 20.0. The van der Waals surface area contributed by atoms with Gasteiger partial charge in [0.15, 0.2) is 5.78 Å². The van der Waals surface area contributed by atoms with Gasteiger partial charge in [0, 0.05) is 11.5 Å². The van der Waals surface area contributed by atoms with Gasteiger partial charge in [0.25, 0.3) is 11.8 Å². The third-order valence-electron chi connectivity index (χ3n) is 5.59. The molecule has 8 heteroatoms. The number of carbonyl (C=O) groups excluding carboxylic acids is 4. The molecule has 2 N–H and O–H groups in total. The Labute approximate surface area is 164 Å². The number of urea groups is 1. The zero-order valence-electron chi connectivity index (χ0n) is 16.2. The molecule has 8 nitrogen and oxygen atoms in total. The maximum atomic E-state index is 12.5. The van der Waals surface area contributed by atoms with E-state index in [1.54, 1.807) is 13.8 Å². The van der Waals surface area contributed by atoms with Crippen LogP contribution in [0.1, 0.15) is 43.5 Å². The van der Waals surface area contributed by atoms with Gasteiger partial charge in [-0.1, -0.05) is 37.3 Å². The van der Waals surface area contributed by atoms with E-state index in [4.69, 9.17) is 0 Å².